The highest BCUT2D eigenvalue weighted by Crippen LogP contribution is 2.22. The number of amides is 1. The van der Waals surface area contributed by atoms with Gasteiger partial charge < -0.3 is 5.32 Å². The molecule has 6 nitrogen and oxygen atoms in total. The molecule has 0 unspecified atom stereocenters. The minimum absolute atomic E-state index is 0.0346. The number of Topliss-reactive ketones (excluding diaryl/α,β-unsaturated/α-hetero) is 1. The van der Waals surface area contributed by atoms with Gasteiger partial charge in [0.05, 0.1) is 16.7 Å². The van der Waals surface area contributed by atoms with Gasteiger partial charge in [-0.1, -0.05) is 66.5 Å². The first-order valence-corrected chi connectivity index (χ1v) is 13.4. The summed E-state index contributed by atoms with van der Waals surface area (Å²) in [7, 11) is 0. The standard InChI is InChI=1S/C26H28BrN3O3S/c1-16(2)14-30-25(33)21-12-9-18(24(32)28-20-5-3-4-6-20)13-22(21)29-26(30)34-15-23(31)17-7-10-19(27)11-8-17/h7-13,16,20H,3-6,14-15H2,1-2H3,(H,28,32). The van der Waals surface area contributed by atoms with Crippen LogP contribution >= 0.6 is 27.7 Å². The summed E-state index contributed by atoms with van der Waals surface area (Å²) in [4.78, 5) is 43.5. The lowest BCUT2D eigenvalue weighted by molar-refractivity contribution is 0.0937. The van der Waals surface area contributed by atoms with Gasteiger partial charge in [-0.15, -0.1) is 0 Å². The molecule has 1 aliphatic rings. The van der Waals surface area contributed by atoms with Crippen LogP contribution in [0.15, 0.2) is 56.9 Å². The molecule has 1 amide bonds. The number of fused-ring (bicyclic) bond motifs is 1. The zero-order valence-corrected chi connectivity index (χ0v) is 21.7. The van der Waals surface area contributed by atoms with Crippen LogP contribution in [-0.2, 0) is 6.54 Å². The average molecular weight is 542 g/mol. The zero-order chi connectivity index (χ0) is 24.2. The molecule has 0 spiro atoms. The first kappa shape index (κ1) is 24.7. The zero-order valence-electron chi connectivity index (χ0n) is 19.3. The summed E-state index contributed by atoms with van der Waals surface area (Å²) in [5.74, 6) is 0.226. The van der Waals surface area contributed by atoms with Gasteiger partial charge in [-0.05, 0) is 49.1 Å². The predicted molar refractivity (Wildman–Crippen MR) is 140 cm³/mol. The van der Waals surface area contributed by atoms with Crippen molar-refractivity contribution in [3.05, 3.63) is 68.4 Å². The highest BCUT2D eigenvalue weighted by Gasteiger charge is 2.20. The summed E-state index contributed by atoms with van der Waals surface area (Å²) in [5, 5.41) is 4.05. The molecule has 0 bridgehead atoms. The average Bonchev–Trinajstić information content (AvgIpc) is 3.32. The van der Waals surface area contributed by atoms with Crippen molar-refractivity contribution in [2.45, 2.75) is 57.3 Å². The Hall–Kier alpha value is -2.45. The van der Waals surface area contributed by atoms with Crippen LogP contribution in [0.3, 0.4) is 0 Å². The molecule has 0 saturated heterocycles. The maximum atomic E-state index is 13.3. The smallest absolute Gasteiger partial charge is 0.262 e. The van der Waals surface area contributed by atoms with Crippen molar-refractivity contribution in [1.82, 2.24) is 14.9 Å². The van der Waals surface area contributed by atoms with Crippen LogP contribution in [0.25, 0.3) is 10.9 Å². The van der Waals surface area contributed by atoms with Crippen molar-refractivity contribution in [1.29, 1.82) is 0 Å². The Morgan fingerprint density at radius 3 is 2.47 bits per heavy atom. The molecule has 1 heterocycles. The minimum atomic E-state index is -0.153. The SMILES string of the molecule is CC(C)Cn1c(SCC(=O)c2ccc(Br)cc2)nc2cc(C(=O)NC3CCCC3)ccc2c1=O. The molecule has 8 heteroatoms. The first-order valence-electron chi connectivity index (χ1n) is 11.6. The van der Waals surface area contributed by atoms with E-state index in [2.05, 4.69) is 21.2 Å². The fraction of sp³-hybridized carbons (Fsp3) is 0.385. The molecule has 1 N–H and O–H groups in total. The number of hydrogen-bond donors (Lipinski definition) is 1. The third-order valence-corrected chi connectivity index (χ3v) is 7.42. The summed E-state index contributed by atoms with van der Waals surface area (Å²) < 4.78 is 2.55. The van der Waals surface area contributed by atoms with E-state index in [1.165, 1.54) is 11.8 Å². The van der Waals surface area contributed by atoms with E-state index in [0.717, 1.165) is 30.2 Å². The number of nitrogens with zero attached hydrogens (tertiary/aromatic N) is 2. The van der Waals surface area contributed by atoms with Crippen LogP contribution in [0.1, 0.15) is 60.2 Å². The Kier molecular flexibility index (Phi) is 7.88. The largest absolute Gasteiger partial charge is 0.349 e. The van der Waals surface area contributed by atoms with Crippen LogP contribution in [0.2, 0.25) is 0 Å². The molecule has 0 atom stereocenters. The van der Waals surface area contributed by atoms with E-state index < -0.39 is 0 Å². The summed E-state index contributed by atoms with van der Waals surface area (Å²) in [6, 6.07) is 12.5. The van der Waals surface area contributed by atoms with Gasteiger partial charge in [0.1, 0.15) is 0 Å². The normalized spacial score (nSPS) is 14.1. The number of thioether (sulfide) groups is 1. The minimum Gasteiger partial charge on any atom is -0.349 e. The van der Waals surface area contributed by atoms with Gasteiger partial charge in [-0.25, -0.2) is 4.98 Å². The second-order valence-electron chi connectivity index (χ2n) is 9.11. The van der Waals surface area contributed by atoms with Crippen molar-refractivity contribution in [3.63, 3.8) is 0 Å². The Labute approximate surface area is 211 Å². The lowest BCUT2D eigenvalue weighted by Gasteiger charge is -2.16. The summed E-state index contributed by atoms with van der Waals surface area (Å²) >= 11 is 4.64. The number of nitrogens with one attached hydrogen (secondary N) is 1. The van der Waals surface area contributed by atoms with Crippen molar-refractivity contribution in [3.8, 4) is 0 Å². The van der Waals surface area contributed by atoms with E-state index in [9.17, 15) is 14.4 Å². The molecular weight excluding hydrogens is 514 g/mol. The van der Waals surface area contributed by atoms with E-state index in [1.807, 2.05) is 26.0 Å². The van der Waals surface area contributed by atoms with Gasteiger partial charge in [0.2, 0.25) is 0 Å². The lowest BCUT2D eigenvalue weighted by atomic mass is 10.1. The number of hydrogen-bond acceptors (Lipinski definition) is 5. The number of aromatic nitrogens is 2. The molecule has 1 aliphatic carbocycles. The first-order chi connectivity index (χ1) is 16.3. The molecule has 0 radical (unpaired) electrons. The van der Waals surface area contributed by atoms with E-state index >= 15 is 0 Å². The third kappa shape index (κ3) is 5.78. The van der Waals surface area contributed by atoms with Crippen LogP contribution in [0, 0.1) is 5.92 Å². The molecule has 1 saturated carbocycles. The Morgan fingerprint density at radius 1 is 1.12 bits per heavy atom. The van der Waals surface area contributed by atoms with E-state index in [4.69, 9.17) is 4.98 Å². The molecule has 3 aromatic rings. The molecule has 2 aromatic carbocycles. The topological polar surface area (TPSA) is 81.1 Å². The Balaban J connectivity index is 1.63. The molecule has 0 aliphatic heterocycles. The van der Waals surface area contributed by atoms with E-state index in [1.54, 1.807) is 34.9 Å². The van der Waals surface area contributed by atoms with Gasteiger partial charge in [-0.3, -0.25) is 19.0 Å². The summed E-state index contributed by atoms with van der Waals surface area (Å²) in [6.07, 6.45) is 4.29. The molecule has 4 rings (SSSR count). The number of carbonyl (C=O) groups excluding carboxylic acids is 2. The molecule has 34 heavy (non-hydrogen) atoms. The van der Waals surface area contributed by atoms with Gasteiger partial charge >= 0.3 is 0 Å². The second kappa shape index (κ2) is 10.9. The number of halogens is 1. The second-order valence-corrected chi connectivity index (χ2v) is 11.0. The van der Waals surface area contributed by atoms with Crippen molar-refractivity contribution in [2.24, 2.45) is 5.92 Å². The van der Waals surface area contributed by atoms with Crippen LogP contribution in [-0.4, -0.2) is 33.0 Å². The highest BCUT2D eigenvalue weighted by atomic mass is 79.9. The van der Waals surface area contributed by atoms with Crippen molar-refractivity contribution in [2.75, 3.05) is 5.75 Å². The van der Waals surface area contributed by atoms with Gasteiger partial charge in [-0.2, -0.15) is 0 Å². The summed E-state index contributed by atoms with van der Waals surface area (Å²) in [6.45, 7) is 4.57. The number of carbonyl (C=O) groups is 2. The van der Waals surface area contributed by atoms with Crippen molar-refractivity contribution < 1.29 is 9.59 Å². The highest BCUT2D eigenvalue weighted by molar-refractivity contribution is 9.10. The van der Waals surface area contributed by atoms with Crippen LogP contribution < -0.4 is 10.9 Å². The molecule has 1 fully saturated rings. The summed E-state index contributed by atoms with van der Waals surface area (Å²) in [5.41, 5.74) is 1.43. The fourth-order valence-corrected chi connectivity index (χ4v) is 5.33. The quantitative estimate of drug-likeness (QED) is 0.232. The van der Waals surface area contributed by atoms with Crippen LogP contribution in [0.5, 0.6) is 0 Å². The Morgan fingerprint density at radius 2 is 1.79 bits per heavy atom. The van der Waals surface area contributed by atoms with E-state index in [0.29, 0.717) is 33.7 Å². The number of ketones is 1. The predicted octanol–water partition coefficient (Wildman–Crippen LogP) is 5.46. The van der Waals surface area contributed by atoms with Gasteiger partial charge in [0.15, 0.2) is 10.9 Å². The van der Waals surface area contributed by atoms with Crippen molar-refractivity contribution >= 4 is 50.3 Å². The van der Waals surface area contributed by atoms with E-state index in [-0.39, 0.29) is 35.0 Å². The fourth-order valence-electron chi connectivity index (χ4n) is 4.17. The molecule has 1 aromatic heterocycles. The molecule has 178 valence electrons. The third-order valence-electron chi connectivity index (χ3n) is 5.92. The Bertz CT molecular complexity index is 1260. The number of rotatable bonds is 8. The molecular formula is C26H28BrN3O3S. The monoisotopic (exact) mass is 541 g/mol. The van der Waals surface area contributed by atoms with Crippen LogP contribution in [0.4, 0.5) is 0 Å². The maximum Gasteiger partial charge on any atom is 0.262 e. The number of benzene rings is 2. The van der Waals surface area contributed by atoms with Gasteiger partial charge in [0.25, 0.3) is 11.5 Å². The lowest BCUT2D eigenvalue weighted by Crippen LogP contribution is -2.32. The van der Waals surface area contributed by atoms with Gasteiger partial charge in [0, 0.05) is 28.2 Å². The maximum absolute atomic E-state index is 13.3.